The Hall–Kier alpha value is -4.24. The number of carbonyl (C=O) groups is 1. The summed E-state index contributed by atoms with van der Waals surface area (Å²) in [4.78, 5) is 19.7. The smallest absolute Gasteiger partial charge is 0.331 e. The van der Waals surface area contributed by atoms with Gasteiger partial charge < -0.3 is 20.5 Å². The first-order valence-electron chi connectivity index (χ1n) is 14.6. The van der Waals surface area contributed by atoms with E-state index >= 15 is 0 Å². The molecule has 4 rings (SSSR count). The zero-order valence-electron chi connectivity index (χ0n) is 25.3. The molecule has 240 valence electrons. The first kappa shape index (κ1) is 34.6. The van der Waals surface area contributed by atoms with E-state index in [-0.39, 0.29) is 35.3 Å². The van der Waals surface area contributed by atoms with Crippen LogP contribution < -0.4 is 11.1 Å². The molecule has 0 bridgehead atoms. The lowest BCUT2D eigenvalue weighted by molar-refractivity contribution is -0.138. The van der Waals surface area contributed by atoms with Crippen LogP contribution in [-0.4, -0.2) is 31.5 Å². The van der Waals surface area contributed by atoms with E-state index < -0.39 is 23.8 Å². The first-order valence-corrected chi connectivity index (χ1v) is 15.4. The largest absolute Gasteiger partial charge is 0.416 e. The van der Waals surface area contributed by atoms with E-state index in [0.717, 1.165) is 11.6 Å². The second-order valence-corrected chi connectivity index (χ2v) is 12.2. The van der Waals surface area contributed by atoms with Gasteiger partial charge in [0.15, 0.2) is 5.11 Å². The highest BCUT2D eigenvalue weighted by atomic mass is 35.5. The molecule has 1 aromatic heterocycles. The highest BCUT2D eigenvalue weighted by molar-refractivity contribution is 7.80. The maximum Gasteiger partial charge on any atom is 0.416 e. The fraction of sp³-hybridized carbons (Fsp3) is 0.294. The van der Waals surface area contributed by atoms with Gasteiger partial charge in [0.25, 0.3) is 0 Å². The van der Waals surface area contributed by atoms with E-state index in [2.05, 4.69) is 16.4 Å². The van der Waals surface area contributed by atoms with Crippen molar-refractivity contribution in [2.24, 2.45) is 17.6 Å². The van der Waals surface area contributed by atoms with E-state index in [9.17, 15) is 18.0 Å². The third-order valence-corrected chi connectivity index (χ3v) is 8.21. The van der Waals surface area contributed by atoms with E-state index in [4.69, 9.17) is 34.8 Å². The van der Waals surface area contributed by atoms with Crippen LogP contribution in [0.2, 0.25) is 5.02 Å². The summed E-state index contributed by atoms with van der Waals surface area (Å²) in [7, 11) is 0. The number of nitrogens with one attached hydrogen (secondary N) is 1. The van der Waals surface area contributed by atoms with Gasteiger partial charge in [-0.05, 0) is 66.0 Å². The van der Waals surface area contributed by atoms with Gasteiger partial charge in [-0.15, -0.1) is 0 Å². The fourth-order valence-electron chi connectivity index (χ4n) is 5.20. The van der Waals surface area contributed by atoms with Gasteiger partial charge in [0.05, 0.1) is 46.3 Å². The van der Waals surface area contributed by atoms with Gasteiger partial charge in [0.1, 0.15) is 5.78 Å². The minimum atomic E-state index is -4.61. The summed E-state index contributed by atoms with van der Waals surface area (Å²) in [6, 6.07) is 21.3. The van der Waals surface area contributed by atoms with Crippen molar-refractivity contribution >= 4 is 40.4 Å². The predicted molar refractivity (Wildman–Crippen MR) is 177 cm³/mol. The molecular formula is C34H34ClF3N6OS. The number of halogens is 4. The Morgan fingerprint density at radius 3 is 2.43 bits per heavy atom. The number of carbonyl (C=O) groups excluding carboxylic acids is 1. The number of hydrogen-bond donors (Lipinski definition) is 2. The van der Waals surface area contributed by atoms with Crippen LogP contribution in [0.5, 0.6) is 0 Å². The molecule has 0 fully saturated rings. The van der Waals surface area contributed by atoms with Crippen LogP contribution >= 0.6 is 23.8 Å². The number of Topliss-reactive ketones (excluding diaryl/α,β-unsaturated/α-hetero) is 1. The summed E-state index contributed by atoms with van der Waals surface area (Å²) in [5, 5.41) is 12.5. The minimum absolute atomic E-state index is 0.000945. The second-order valence-electron chi connectivity index (χ2n) is 11.4. The SMILES string of the molecule is CC(C)C[C@H](C(=O)Cc1cncn1Cc1ccc(C#N)cc1)C(N)N(Cc1ccccc1C(F)(F)F)C(=S)Nc1ccccc1Cl. The van der Waals surface area contributed by atoms with Crippen LogP contribution in [-0.2, 0) is 30.5 Å². The standard InChI is InChI=1S/C34H34ClF3N6OS/c1-22(2)15-27(31(45)16-26-18-41-21-43(26)19-24-13-11-23(17-39)12-14-24)32(40)44(33(46)42-30-10-6-5-9-29(30)35)20-25-7-3-4-8-28(25)34(36,37)38/h3-14,18,21-22,27,32H,15-16,19-20,40H2,1-2H3,(H,42,46)/t27-,32?/m1/s1. The van der Waals surface area contributed by atoms with Gasteiger partial charge in [0.2, 0.25) is 0 Å². The summed E-state index contributed by atoms with van der Waals surface area (Å²) in [6.45, 7) is 4.03. The molecular weight excluding hydrogens is 633 g/mol. The predicted octanol–water partition coefficient (Wildman–Crippen LogP) is 7.43. The molecule has 0 aliphatic rings. The third kappa shape index (κ3) is 8.94. The number of benzene rings is 3. The molecule has 0 spiro atoms. The number of nitriles is 1. The molecule has 0 saturated heterocycles. The molecule has 7 nitrogen and oxygen atoms in total. The Morgan fingerprint density at radius 2 is 1.78 bits per heavy atom. The second kappa shape index (κ2) is 15.4. The lowest BCUT2D eigenvalue weighted by Crippen LogP contribution is -2.53. The zero-order valence-corrected chi connectivity index (χ0v) is 26.9. The molecule has 0 radical (unpaired) electrons. The lowest BCUT2D eigenvalue weighted by atomic mass is 9.88. The van der Waals surface area contributed by atoms with Crippen LogP contribution in [0.25, 0.3) is 0 Å². The number of imidazole rings is 1. The molecule has 3 aromatic carbocycles. The molecule has 0 aliphatic carbocycles. The van der Waals surface area contributed by atoms with Crippen molar-refractivity contribution < 1.29 is 18.0 Å². The number of thiocarbonyl (C=S) groups is 1. The summed E-state index contributed by atoms with van der Waals surface area (Å²) >= 11 is 12.1. The summed E-state index contributed by atoms with van der Waals surface area (Å²) in [6.07, 6.45) is -2.07. The van der Waals surface area contributed by atoms with Gasteiger partial charge in [-0.2, -0.15) is 18.4 Å². The number of para-hydroxylation sites is 1. The maximum absolute atomic E-state index is 14.0. The minimum Gasteiger partial charge on any atom is -0.331 e. The number of alkyl halides is 3. The van der Waals surface area contributed by atoms with Crippen molar-refractivity contribution in [1.29, 1.82) is 5.26 Å². The van der Waals surface area contributed by atoms with Crippen molar-refractivity contribution in [2.75, 3.05) is 5.32 Å². The first-order chi connectivity index (χ1) is 21.9. The highest BCUT2D eigenvalue weighted by Crippen LogP contribution is 2.33. The zero-order chi connectivity index (χ0) is 33.4. The molecule has 12 heteroatoms. The molecule has 0 saturated carbocycles. The number of ketones is 1. The molecule has 3 N–H and O–H groups in total. The van der Waals surface area contributed by atoms with Crippen molar-refractivity contribution in [2.45, 2.75) is 52.1 Å². The average molecular weight is 667 g/mol. The fourth-order valence-corrected chi connectivity index (χ4v) is 5.67. The van der Waals surface area contributed by atoms with Gasteiger partial charge in [-0.1, -0.05) is 67.9 Å². The Morgan fingerprint density at radius 1 is 1.11 bits per heavy atom. The molecule has 0 aliphatic heterocycles. The number of rotatable bonds is 12. The quantitative estimate of drug-likeness (QED) is 0.120. The monoisotopic (exact) mass is 666 g/mol. The van der Waals surface area contributed by atoms with Crippen LogP contribution in [0.15, 0.2) is 85.3 Å². The number of aromatic nitrogens is 2. The molecule has 46 heavy (non-hydrogen) atoms. The van der Waals surface area contributed by atoms with Gasteiger partial charge in [-0.3, -0.25) is 4.79 Å². The number of hydrogen-bond acceptors (Lipinski definition) is 5. The van der Waals surface area contributed by atoms with Crippen LogP contribution in [0, 0.1) is 23.2 Å². The lowest BCUT2D eigenvalue weighted by Gasteiger charge is -2.37. The van der Waals surface area contributed by atoms with Crippen molar-refractivity contribution in [1.82, 2.24) is 14.5 Å². The van der Waals surface area contributed by atoms with Gasteiger partial charge >= 0.3 is 6.18 Å². The number of nitrogens with two attached hydrogens (primary N) is 1. The van der Waals surface area contributed by atoms with E-state index in [1.807, 2.05) is 30.5 Å². The van der Waals surface area contributed by atoms with Gasteiger partial charge in [0, 0.05) is 31.4 Å². The van der Waals surface area contributed by atoms with E-state index in [0.29, 0.717) is 34.9 Å². The summed E-state index contributed by atoms with van der Waals surface area (Å²) < 4.78 is 43.9. The Labute approximate surface area is 276 Å². The number of anilines is 1. The third-order valence-electron chi connectivity index (χ3n) is 7.54. The molecule has 2 atom stereocenters. The van der Waals surface area contributed by atoms with Crippen LogP contribution in [0.4, 0.5) is 18.9 Å². The summed E-state index contributed by atoms with van der Waals surface area (Å²) in [5.41, 5.74) is 8.56. The van der Waals surface area contributed by atoms with Gasteiger partial charge in [-0.25, -0.2) is 4.98 Å². The average Bonchev–Trinajstić information content (AvgIpc) is 3.45. The normalized spacial score (nSPS) is 12.8. The van der Waals surface area contributed by atoms with Crippen LogP contribution in [0.3, 0.4) is 0 Å². The Bertz CT molecular complexity index is 1700. The summed E-state index contributed by atoms with van der Waals surface area (Å²) in [5.74, 6) is -0.947. The highest BCUT2D eigenvalue weighted by Gasteiger charge is 2.36. The molecule has 4 aromatic rings. The Balaban J connectivity index is 1.65. The molecule has 0 amide bonds. The maximum atomic E-state index is 14.0. The molecule has 1 heterocycles. The topological polar surface area (TPSA) is 100.0 Å². The van der Waals surface area contributed by atoms with Crippen molar-refractivity contribution in [3.8, 4) is 6.07 Å². The molecule has 1 unspecified atom stereocenters. The van der Waals surface area contributed by atoms with Crippen molar-refractivity contribution in [3.63, 3.8) is 0 Å². The van der Waals surface area contributed by atoms with E-state index in [1.54, 1.807) is 48.9 Å². The Kier molecular flexibility index (Phi) is 11.6. The van der Waals surface area contributed by atoms with Crippen LogP contribution in [0.1, 0.15) is 48.2 Å². The van der Waals surface area contributed by atoms with Crippen molar-refractivity contribution in [3.05, 3.63) is 118 Å². The van der Waals surface area contributed by atoms with E-state index in [1.165, 1.54) is 23.1 Å². The number of nitrogens with zero attached hydrogens (tertiary/aromatic N) is 4.